The van der Waals surface area contributed by atoms with Gasteiger partial charge in [-0.1, -0.05) is 31.9 Å². The second-order valence-corrected chi connectivity index (χ2v) is 5.62. The Balaban J connectivity index is 2.15. The first-order valence-electron chi connectivity index (χ1n) is 5.91. The van der Waals surface area contributed by atoms with Crippen molar-refractivity contribution in [2.24, 2.45) is 0 Å². The molecule has 0 heterocycles. The number of halogens is 3. The van der Waals surface area contributed by atoms with Crippen LogP contribution in [0.3, 0.4) is 0 Å². The van der Waals surface area contributed by atoms with Crippen LogP contribution in [0.15, 0.2) is 40.9 Å². The third kappa shape index (κ3) is 4.01. The molecule has 0 unspecified atom stereocenters. The summed E-state index contributed by atoms with van der Waals surface area (Å²) >= 11 is 6.56. The van der Waals surface area contributed by atoms with Crippen molar-refractivity contribution in [2.45, 2.75) is 11.9 Å². The third-order valence-electron chi connectivity index (χ3n) is 2.80. The molecule has 2 aromatic rings. The molecule has 2 aromatic carbocycles. The first kappa shape index (κ1) is 15.9. The van der Waals surface area contributed by atoms with E-state index in [0.717, 1.165) is 5.56 Å². The average molecular weight is 419 g/mol. The number of benzene rings is 2. The summed E-state index contributed by atoms with van der Waals surface area (Å²) < 4.78 is 19.4. The highest BCUT2D eigenvalue weighted by atomic mass is 79.9. The normalized spacial score (nSPS) is 10.4. The third-order valence-corrected chi connectivity index (χ3v) is 4.14. The topological polar surface area (TPSA) is 52.4 Å². The number of non-ortho nitro benzene ring substituents is 1. The van der Waals surface area contributed by atoms with Gasteiger partial charge in [0.05, 0.1) is 4.92 Å². The Morgan fingerprint density at radius 3 is 2.57 bits per heavy atom. The molecule has 110 valence electrons. The molecule has 0 aliphatic rings. The van der Waals surface area contributed by atoms with Gasteiger partial charge in [-0.15, -0.1) is 0 Å². The van der Waals surface area contributed by atoms with Crippen LogP contribution >= 0.6 is 31.9 Å². The van der Waals surface area contributed by atoms with Gasteiger partial charge in [-0.2, -0.15) is 0 Å². The van der Waals surface area contributed by atoms with Crippen LogP contribution in [0.5, 0.6) is 5.75 Å². The van der Waals surface area contributed by atoms with Crippen LogP contribution in [0.4, 0.5) is 10.1 Å². The SMILES string of the molecule is O=[N+]([O-])c1ccc(COc2ccc(F)cc2CBr)c(Br)c1. The molecular formula is C14H10Br2FNO3. The number of nitro groups is 1. The molecule has 0 saturated heterocycles. The number of ether oxygens (including phenoxy) is 1. The van der Waals surface area contributed by atoms with Crippen molar-refractivity contribution < 1.29 is 14.1 Å². The molecule has 4 nitrogen and oxygen atoms in total. The Bertz CT molecular complexity index is 679. The first-order chi connectivity index (χ1) is 10.0. The zero-order valence-corrected chi connectivity index (χ0v) is 13.9. The predicted molar refractivity (Wildman–Crippen MR) is 84.2 cm³/mol. The molecule has 0 bridgehead atoms. The fourth-order valence-corrected chi connectivity index (χ4v) is 2.63. The maximum Gasteiger partial charge on any atom is 0.270 e. The second-order valence-electron chi connectivity index (χ2n) is 4.21. The van der Waals surface area contributed by atoms with Crippen molar-refractivity contribution in [3.63, 3.8) is 0 Å². The molecule has 0 fully saturated rings. The zero-order chi connectivity index (χ0) is 15.4. The van der Waals surface area contributed by atoms with E-state index >= 15 is 0 Å². The Kier molecular flexibility index (Phi) is 5.30. The van der Waals surface area contributed by atoms with Crippen molar-refractivity contribution in [2.75, 3.05) is 0 Å². The molecule has 0 amide bonds. The maximum atomic E-state index is 13.1. The molecule has 0 aliphatic heterocycles. The van der Waals surface area contributed by atoms with Crippen molar-refractivity contribution in [1.82, 2.24) is 0 Å². The highest BCUT2D eigenvalue weighted by molar-refractivity contribution is 9.10. The Morgan fingerprint density at radius 2 is 1.95 bits per heavy atom. The molecule has 0 radical (unpaired) electrons. The van der Waals surface area contributed by atoms with Crippen LogP contribution in [-0.2, 0) is 11.9 Å². The average Bonchev–Trinajstić information content (AvgIpc) is 2.46. The summed E-state index contributed by atoms with van der Waals surface area (Å²) in [4.78, 5) is 10.2. The molecule has 0 atom stereocenters. The van der Waals surface area contributed by atoms with E-state index in [-0.39, 0.29) is 18.1 Å². The molecule has 0 N–H and O–H groups in total. The van der Waals surface area contributed by atoms with Crippen LogP contribution in [0.1, 0.15) is 11.1 Å². The Hall–Kier alpha value is -1.47. The van der Waals surface area contributed by atoms with Crippen molar-refractivity contribution >= 4 is 37.5 Å². The van der Waals surface area contributed by atoms with Gasteiger partial charge in [-0.3, -0.25) is 10.1 Å². The summed E-state index contributed by atoms with van der Waals surface area (Å²) in [5.74, 6) is 0.242. The van der Waals surface area contributed by atoms with E-state index in [1.54, 1.807) is 12.1 Å². The summed E-state index contributed by atoms with van der Waals surface area (Å²) in [7, 11) is 0. The zero-order valence-electron chi connectivity index (χ0n) is 10.7. The summed E-state index contributed by atoms with van der Waals surface area (Å²) in [5.41, 5.74) is 1.48. The van der Waals surface area contributed by atoms with E-state index in [9.17, 15) is 14.5 Å². The minimum absolute atomic E-state index is 0.00792. The minimum atomic E-state index is -0.460. The van der Waals surface area contributed by atoms with Crippen molar-refractivity contribution in [3.05, 3.63) is 67.9 Å². The first-order valence-corrected chi connectivity index (χ1v) is 7.82. The van der Waals surface area contributed by atoms with Gasteiger partial charge in [0.2, 0.25) is 0 Å². The molecular weight excluding hydrogens is 409 g/mol. The molecule has 0 spiro atoms. The molecule has 0 saturated carbocycles. The molecule has 0 aromatic heterocycles. The quantitative estimate of drug-likeness (QED) is 0.391. The lowest BCUT2D eigenvalue weighted by Gasteiger charge is -2.11. The van der Waals surface area contributed by atoms with E-state index in [4.69, 9.17) is 4.74 Å². The van der Waals surface area contributed by atoms with E-state index in [1.165, 1.54) is 24.3 Å². The van der Waals surface area contributed by atoms with E-state index in [1.807, 2.05) is 0 Å². The van der Waals surface area contributed by atoms with Gasteiger partial charge in [-0.25, -0.2) is 4.39 Å². The maximum absolute atomic E-state index is 13.1. The number of hydrogen-bond acceptors (Lipinski definition) is 3. The van der Waals surface area contributed by atoms with Gasteiger partial charge >= 0.3 is 0 Å². The van der Waals surface area contributed by atoms with E-state index in [2.05, 4.69) is 31.9 Å². The predicted octanol–water partition coefficient (Wildman–Crippen LogP) is 4.97. The number of nitro benzene ring substituents is 1. The van der Waals surface area contributed by atoms with Crippen LogP contribution < -0.4 is 4.74 Å². The smallest absolute Gasteiger partial charge is 0.270 e. The van der Waals surface area contributed by atoms with Crippen LogP contribution in [0, 0.1) is 15.9 Å². The Labute approximate surface area is 137 Å². The van der Waals surface area contributed by atoms with Gasteiger partial charge in [0, 0.05) is 33.1 Å². The minimum Gasteiger partial charge on any atom is -0.489 e. The molecule has 7 heteroatoms. The highest BCUT2D eigenvalue weighted by Crippen LogP contribution is 2.27. The number of alkyl halides is 1. The van der Waals surface area contributed by atoms with Gasteiger partial charge < -0.3 is 4.74 Å². The van der Waals surface area contributed by atoms with Gasteiger partial charge in [-0.05, 0) is 24.3 Å². The second kappa shape index (κ2) is 7.00. The highest BCUT2D eigenvalue weighted by Gasteiger charge is 2.10. The van der Waals surface area contributed by atoms with Crippen LogP contribution in [0.2, 0.25) is 0 Å². The Morgan fingerprint density at radius 1 is 1.19 bits per heavy atom. The fourth-order valence-electron chi connectivity index (χ4n) is 1.72. The van der Waals surface area contributed by atoms with E-state index in [0.29, 0.717) is 21.1 Å². The van der Waals surface area contributed by atoms with E-state index < -0.39 is 4.92 Å². The van der Waals surface area contributed by atoms with Crippen molar-refractivity contribution in [3.8, 4) is 5.75 Å². The number of rotatable bonds is 5. The van der Waals surface area contributed by atoms with Crippen molar-refractivity contribution in [1.29, 1.82) is 0 Å². The van der Waals surface area contributed by atoms with Crippen LogP contribution in [0.25, 0.3) is 0 Å². The largest absolute Gasteiger partial charge is 0.489 e. The monoisotopic (exact) mass is 417 g/mol. The summed E-state index contributed by atoms with van der Waals surface area (Å²) in [6, 6.07) is 8.75. The lowest BCUT2D eigenvalue weighted by atomic mass is 10.2. The molecule has 2 rings (SSSR count). The standard InChI is InChI=1S/C14H10Br2FNO3/c15-7-10-5-11(17)2-4-14(10)21-8-9-1-3-12(18(19)20)6-13(9)16/h1-6H,7-8H2. The van der Waals surface area contributed by atoms with Crippen LogP contribution in [-0.4, -0.2) is 4.92 Å². The summed E-state index contributed by atoms with van der Waals surface area (Å²) in [6.07, 6.45) is 0. The molecule has 21 heavy (non-hydrogen) atoms. The summed E-state index contributed by atoms with van der Waals surface area (Å²) in [6.45, 7) is 0.226. The fraction of sp³-hybridized carbons (Fsp3) is 0.143. The van der Waals surface area contributed by atoms with Gasteiger partial charge in [0.25, 0.3) is 5.69 Å². The lowest BCUT2D eigenvalue weighted by Crippen LogP contribution is -2.00. The van der Waals surface area contributed by atoms with Gasteiger partial charge in [0.15, 0.2) is 0 Å². The van der Waals surface area contributed by atoms with Gasteiger partial charge in [0.1, 0.15) is 18.2 Å². The summed E-state index contributed by atoms with van der Waals surface area (Å²) in [5, 5.41) is 11.1. The molecule has 0 aliphatic carbocycles. The lowest BCUT2D eigenvalue weighted by molar-refractivity contribution is -0.384. The number of nitrogens with zero attached hydrogens (tertiary/aromatic N) is 1. The number of hydrogen-bond donors (Lipinski definition) is 0.